The summed E-state index contributed by atoms with van der Waals surface area (Å²) >= 11 is 0. The lowest BCUT2D eigenvalue weighted by molar-refractivity contribution is -0.131. The first-order valence-corrected chi connectivity index (χ1v) is 8.78. The fourth-order valence-electron chi connectivity index (χ4n) is 2.90. The summed E-state index contributed by atoms with van der Waals surface area (Å²) in [5.41, 5.74) is 0.594. The maximum atomic E-state index is 13.3. The minimum Gasteiger partial charge on any atom is -0.342 e. The van der Waals surface area contributed by atoms with Crippen LogP contribution in [-0.2, 0) is 4.79 Å². The highest BCUT2D eigenvalue weighted by atomic mass is 19.1. The van der Waals surface area contributed by atoms with Gasteiger partial charge in [0.25, 0.3) is 0 Å². The number of likely N-dealkylation sites (tertiary alicyclic amines) is 1. The zero-order chi connectivity index (χ0) is 18.9. The van der Waals surface area contributed by atoms with Gasteiger partial charge in [-0.05, 0) is 43.4 Å². The Balaban J connectivity index is 0.000000178. The summed E-state index contributed by atoms with van der Waals surface area (Å²) in [6, 6.07) is 12.5. The molecule has 0 aromatic heterocycles. The first-order valence-electron chi connectivity index (χ1n) is 8.78. The molecule has 1 aliphatic carbocycles. The van der Waals surface area contributed by atoms with E-state index in [1.807, 2.05) is 11.0 Å². The van der Waals surface area contributed by atoms with Crippen molar-refractivity contribution in [2.24, 2.45) is 5.92 Å². The molecule has 0 spiro atoms. The van der Waals surface area contributed by atoms with Gasteiger partial charge in [0, 0.05) is 19.0 Å². The minimum atomic E-state index is -0.531. The number of benzene rings is 2. The Kier molecular flexibility index (Phi) is 7.35. The second-order valence-corrected chi connectivity index (χ2v) is 6.27. The Morgan fingerprint density at radius 2 is 1.42 bits per heavy atom. The van der Waals surface area contributed by atoms with Crippen LogP contribution in [0.1, 0.15) is 25.7 Å². The van der Waals surface area contributed by atoms with E-state index in [1.54, 1.807) is 24.3 Å². The molecule has 136 valence electrons. The van der Waals surface area contributed by atoms with Crippen LogP contribution in [-0.4, -0.2) is 23.9 Å². The van der Waals surface area contributed by atoms with Crippen molar-refractivity contribution in [2.75, 3.05) is 13.1 Å². The van der Waals surface area contributed by atoms with Crippen molar-refractivity contribution in [1.82, 2.24) is 4.90 Å². The predicted octanol–water partition coefficient (Wildman–Crippen LogP) is 4.90. The molecule has 1 aliphatic heterocycles. The Bertz CT molecular complexity index is 712. The van der Waals surface area contributed by atoms with Crippen LogP contribution in [0.25, 0.3) is 11.1 Å². The SMILES string of the molecule is C#C.Fc1cccc(F)c1-c1ccccc1.O=C(C1CC1)N1CCCC1. The van der Waals surface area contributed by atoms with E-state index >= 15 is 0 Å². The third-order valence-electron chi connectivity index (χ3n) is 4.37. The normalized spacial score (nSPS) is 15.3. The summed E-state index contributed by atoms with van der Waals surface area (Å²) < 4.78 is 26.6. The lowest BCUT2D eigenvalue weighted by atomic mass is 10.0. The molecule has 26 heavy (non-hydrogen) atoms. The molecule has 0 radical (unpaired) electrons. The zero-order valence-electron chi connectivity index (χ0n) is 14.7. The summed E-state index contributed by atoms with van der Waals surface area (Å²) in [5.74, 6) is -0.206. The molecule has 4 heteroatoms. The van der Waals surface area contributed by atoms with Crippen LogP contribution in [0.2, 0.25) is 0 Å². The van der Waals surface area contributed by atoms with E-state index in [1.165, 1.54) is 31.0 Å². The van der Waals surface area contributed by atoms with Crippen molar-refractivity contribution in [3.05, 3.63) is 60.2 Å². The average molecular weight is 355 g/mol. The molecule has 2 nitrogen and oxygen atoms in total. The summed E-state index contributed by atoms with van der Waals surface area (Å²) in [6.07, 6.45) is 12.7. The Morgan fingerprint density at radius 3 is 1.92 bits per heavy atom. The van der Waals surface area contributed by atoms with E-state index < -0.39 is 11.6 Å². The Labute approximate surface area is 153 Å². The first-order chi connectivity index (χ1) is 12.7. The van der Waals surface area contributed by atoms with Crippen LogP contribution in [0.5, 0.6) is 0 Å². The maximum Gasteiger partial charge on any atom is 0.225 e. The number of nitrogens with zero attached hydrogens (tertiary/aromatic N) is 1. The number of rotatable bonds is 2. The molecule has 2 aromatic carbocycles. The van der Waals surface area contributed by atoms with Gasteiger partial charge in [0.05, 0.1) is 5.56 Å². The van der Waals surface area contributed by atoms with Gasteiger partial charge >= 0.3 is 0 Å². The van der Waals surface area contributed by atoms with Crippen molar-refractivity contribution in [2.45, 2.75) is 25.7 Å². The van der Waals surface area contributed by atoms with Gasteiger partial charge in [0.2, 0.25) is 5.91 Å². The predicted molar refractivity (Wildman–Crippen MR) is 100 cm³/mol. The molecule has 2 aliphatic rings. The molecule has 0 N–H and O–H groups in total. The Morgan fingerprint density at radius 1 is 0.885 bits per heavy atom. The van der Waals surface area contributed by atoms with E-state index in [2.05, 4.69) is 12.8 Å². The third-order valence-corrected chi connectivity index (χ3v) is 4.37. The molecule has 2 fully saturated rings. The van der Waals surface area contributed by atoms with E-state index in [9.17, 15) is 13.6 Å². The van der Waals surface area contributed by atoms with Gasteiger partial charge in [-0.3, -0.25) is 4.79 Å². The summed E-state index contributed by atoms with van der Waals surface area (Å²) in [6.45, 7) is 2.05. The van der Waals surface area contributed by atoms with Gasteiger partial charge < -0.3 is 4.90 Å². The van der Waals surface area contributed by atoms with Gasteiger partial charge in [-0.25, -0.2) is 8.78 Å². The molecule has 1 saturated carbocycles. The van der Waals surface area contributed by atoms with Crippen LogP contribution >= 0.6 is 0 Å². The fraction of sp³-hybridized carbons (Fsp3) is 0.318. The van der Waals surface area contributed by atoms with E-state index in [0.29, 0.717) is 17.4 Å². The van der Waals surface area contributed by atoms with Crippen molar-refractivity contribution in [3.63, 3.8) is 0 Å². The van der Waals surface area contributed by atoms with Gasteiger partial charge in [-0.2, -0.15) is 0 Å². The Hall–Kier alpha value is -2.67. The number of amides is 1. The lowest BCUT2D eigenvalue weighted by Crippen LogP contribution is -2.28. The summed E-state index contributed by atoms with van der Waals surface area (Å²) in [7, 11) is 0. The topological polar surface area (TPSA) is 20.3 Å². The second-order valence-electron chi connectivity index (χ2n) is 6.27. The number of halogens is 2. The molecular formula is C22H23F2NO. The molecule has 1 amide bonds. The van der Waals surface area contributed by atoms with Crippen molar-refractivity contribution < 1.29 is 13.6 Å². The zero-order valence-corrected chi connectivity index (χ0v) is 14.7. The highest BCUT2D eigenvalue weighted by Crippen LogP contribution is 2.32. The van der Waals surface area contributed by atoms with Gasteiger partial charge in [-0.15, -0.1) is 12.8 Å². The number of hydrogen-bond acceptors (Lipinski definition) is 1. The maximum absolute atomic E-state index is 13.3. The van der Waals surface area contributed by atoms with Gasteiger partial charge in [0.1, 0.15) is 11.6 Å². The monoisotopic (exact) mass is 355 g/mol. The molecule has 2 aromatic rings. The molecular weight excluding hydrogens is 332 g/mol. The van der Waals surface area contributed by atoms with E-state index in [-0.39, 0.29) is 5.56 Å². The molecule has 1 heterocycles. The van der Waals surface area contributed by atoms with Crippen LogP contribution in [0, 0.1) is 30.4 Å². The summed E-state index contributed by atoms with van der Waals surface area (Å²) in [5, 5.41) is 0. The second kappa shape index (κ2) is 9.72. The molecule has 0 atom stereocenters. The van der Waals surface area contributed by atoms with Crippen LogP contribution in [0.3, 0.4) is 0 Å². The highest BCUT2D eigenvalue weighted by Gasteiger charge is 2.34. The van der Waals surface area contributed by atoms with Gasteiger partial charge in [-0.1, -0.05) is 36.4 Å². The lowest BCUT2D eigenvalue weighted by Gasteiger charge is -2.13. The average Bonchev–Trinajstić information content (AvgIpc) is 3.38. The fourth-order valence-corrected chi connectivity index (χ4v) is 2.90. The third kappa shape index (κ3) is 5.16. The smallest absolute Gasteiger partial charge is 0.225 e. The number of carbonyl (C=O) groups excluding carboxylic acids is 1. The van der Waals surface area contributed by atoms with Crippen LogP contribution in [0.4, 0.5) is 8.78 Å². The van der Waals surface area contributed by atoms with Crippen LogP contribution in [0.15, 0.2) is 48.5 Å². The van der Waals surface area contributed by atoms with Crippen molar-refractivity contribution in [3.8, 4) is 24.0 Å². The largest absolute Gasteiger partial charge is 0.342 e. The van der Waals surface area contributed by atoms with E-state index in [4.69, 9.17) is 0 Å². The molecule has 0 unspecified atom stereocenters. The standard InChI is InChI=1S/C12H8F2.C8H13NO.C2H2/c13-10-7-4-8-11(14)12(10)9-5-2-1-3-6-9;10-8(7-3-4-7)9-5-1-2-6-9;1-2/h1-8H;7H,1-6H2;1-2H. The highest BCUT2D eigenvalue weighted by molar-refractivity contribution is 5.81. The van der Waals surface area contributed by atoms with Crippen molar-refractivity contribution >= 4 is 5.91 Å². The van der Waals surface area contributed by atoms with Gasteiger partial charge in [0.15, 0.2) is 0 Å². The van der Waals surface area contributed by atoms with Crippen LogP contribution < -0.4 is 0 Å². The number of hydrogen-bond donors (Lipinski definition) is 0. The number of terminal acetylenes is 1. The van der Waals surface area contributed by atoms with E-state index in [0.717, 1.165) is 25.9 Å². The minimum absolute atomic E-state index is 0.0353. The quantitative estimate of drug-likeness (QED) is 0.702. The molecule has 0 bridgehead atoms. The summed E-state index contributed by atoms with van der Waals surface area (Å²) in [4.78, 5) is 13.4. The molecule has 1 saturated heterocycles. The molecule has 4 rings (SSSR count). The van der Waals surface area contributed by atoms with Crippen molar-refractivity contribution in [1.29, 1.82) is 0 Å². The number of carbonyl (C=O) groups is 1. The first kappa shape index (κ1) is 19.7.